The molecule has 6 nitrogen and oxygen atoms in total. The van der Waals surface area contributed by atoms with Gasteiger partial charge in [-0.3, -0.25) is 9.69 Å². The molecule has 0 radical (unpaired) electrons. The quantitative estimate of drug-likeness (QED) is 0.552. The molecule has 0 aliphatic rings. The van der Waals surface area contributed by atoms with E-state index in [1.54, 1.807) is 19.2 Å². The molecule has 0 unspecified atom stereocenters. The smallest absolute Gasteiger partial charge is 0.271 e. The first kappa shape index (κ1) is 20.5. The predicted octanol–water partition coefficient (Wildman–Crippen LogP) is 3.40. The molecule has 27 heavy (non-hydrogen) atoms. The van der Waals surface area contributed by atoms with E-state index >= 15 is 0 Å². The van der Waals surface area contributed by atoms with E-state index in [1.165, 1.54) is 12.1 Å². The van der Waals surface area contributed by atoms with Crippen LogP contribution in [0, 0.1) is 0 Å². The molecule has 0 aliphatic heterocycles. The molecular weight excluding hydrogens is 342 g/mol. The number of benzene rings is 2. The summed E-state index contributed by atoms with van der Waals surface area (Å²) in [5.74, 6) is 0.504. The number of methoxy groups -OCH3 is 1. The Morgan fingerprint density at radius 2 is 1.89 bits per heavy atom. The van der Waals surface area contributed by atoms with Crippen molar-refractivity contribution in [3.8, 4) is 11.5 Å². The Bertz CT molecular complexity index is 814. The van der Waals surface area contributed by atoms with Gasteiger partial charge >= 0.3 is 0 Å². The van der Waals surface area contributed by atoms with Gasteiger partial charge in [-0.2, -0.15) is 5.10 Å². The fourth-order valence-corrected chi connectivity index (χ4v) is 2.73. The third-order valence-corrected chi connectivity index (χ3v) is 4.42. The summed E-state index contributed by atoms with van der Waals surface area (Å²) in [7, 11) is 1.66. The first-order valence-electron chi connectivity index (χ1n) is 9.01. The second kappa shape index (κ2) is 9.73. The number of phenols is 1. The highest BCUT2D eigenvalue weighted by Crippen LogP contribution is 2.22. The maximum absolute atomic E-state index is 12.2. The van der Waals surface area contributed by atoms with Crippen LogP contribution >= 0.6 is 0 Å². The van der Waals surface area contributed by atoms with Gasteiger partial charge in [-0.1, -0.05) is 19.9 Å². The molecule has 2 N–H and O–H groups in total. The van der Waals surface area contributed by atoms with Gasteiger partial charge in [-0.15, -0.1) is 0 Å². The van der Waals surface area contributed by atoms with Gasteiger partial charge in [0.05, 0.1) is 12.8 Å². The number of nitrogens with zero attached hydrogens (tertiary/aromatic N) is 2. The van der Waals surface area contributed by atoms with Gasteiger partial charge in [0, 0.05) is 17.7 Å². The van der Waals surface area contributed by atoms with Crippen molar-refractivity contribution in [2.24, 2.45) is 5.10 Å². The highest BCUT2D eigenvalue weighted by Gasteiger charge is 2.10. The molecule has 2 aromatic rings. The molecule has 0 aromatic heterocycles. The number of hydrazone groups is 1. The lowest BCUT2D eigenvalue weighted by Gasteiger charge is -2.20. The zero-order valence-corrected chi connectivity index (χ0v) is 16.3. The predicted molar refractivity (Wildman–Crippen MR) is 107 cm³/mol. The van der Waals surface area contributed by atoms with E-state index in [4.69, 9.17) is 4.74 Å². The summed E-state index contributed by atoms with van der Waals surface area (Å²) in [6.07, 6.45) is 0. The van der Waals surface area contributed by atoms with Crippen molar-refractivity contribution in [1.82, 2.24) is 10.3 Å². The lowest BCUT2D eigenvalue weighted by Crippen LogP contribution is -2.22. The van der Waals surface area contributed by atoms with Crippen molar-refractivity contribution in [3.05, 3.63) is 59.2 Å². The summed E-state index contributed by atoms with van der Waals surface area (Å²) in [5, 5.41) is 13.7. The fourth-order valence-electron chi connectivity index (χ4n) is 2.73. The van der Waals surface area contributed by atoms with Crippen molar-refractivity contribution in [2.75, 3.05) is 20.2 Å². The average Bonchev–Trinajstić information content (AvgIpc) is 2.69. The Kier molecular flexibility index (Phi) is 7.37. The summed E-state index contributed by atoms with van der Waals surface area (Å²) < 4.78 is 5.48. The number of aromatic hydroxyl groups is 1. The summed E-state index contributed by atoms with van der Waals surface area (Å²) in [6.45, 7) is 8.79. The number of nitrogens with one attached hydrogen (secondary N) is 1. The van der Waals surface area contributed by atoms with Gasteiger partial charge in [0.1, 0.15) is 11.5 Å². The van der Waals surface area contributed by atoms with Crippen LogP contribution in [0.5, 0.6) is 11.5 Å². The van der Waals surface area contributed by atoms with Crippen LogP contribution in [-0.2, 0) is 6.54 Å². The van der Waals surface area contributed by atoms with Crippen molar-refractivity contribution in [2.45, 2.75) is 27.3 Å². The number of phenolic OH excluding ortho intramolecular Hbond substituents is 1. The Balaban J connectivity index is 2.18. The van der Waals surface area contributed by atoms with E-state index in [9.17, 15) is 9.90 Å². The number of rotatable bonds is 8. The van der Waals surface area contributed by atoms with Crippen molar-refractivity contribution in [3.63, 3.8) is 0 Å². The molecule has 2 aromatic carbocycles. The molecule has 0 saturated heterocycles. The summed E-state index contributed by atoms with van der Waals surface area (Å²) in [6, 6.07) is 12.0. The van der Waals surface area contributed by atoms with E-state index in [-0.39, 0.29) is 11.7 Å². The third-order valence-electron chi connectivity index (χ3n) is 4.42. The van der Waals surface area contributed by atoms with Crippen LogP contribution in [0.4, 0.5) is 0 Å². The van der Waals surface area contributed by atoms with Crippen LogP contribution in [0.3, 0.4) is 0 Å². The average molecular weight is 369 g/mol. The normalized spacial score (nSPS) is 11.5. The topological polar surface area (TPSA) is 74.2 Å². The molecule has 0 saturated carbocycles. The zero-order chi connectivity index (χ0) is 19.8. The fraction of sp³-hybridized carbons (Fsp3) is 0.333. The molecule has 2 rings (SSSR count). The van der Waals surface area contributed by atoms with E-state index in [2.05, 4.69) is 29.3 Å². The van der Waals surface area contributed by atoms with Gasteiger partial charge in [-0.25, -0.2) is 5.43 Å². The van der Waals surface area contributed by atoms with Crippen LogP contribution in [0.1, 0.15) is 42.3 Å². The maximum Gasteiger partial charge on any atom is 0.271 e. The lowest BCUT2D eigenvalue weighted by atomic mass is 10.1. The van der Waals surface area contributed by atoms with E-state index in [0.29, 0.717) is 11.3 Å². The number of hydrogen-bond donors (Lipinski definition) is 2. The van der Waals surface area contributed by atoms with Crippen molar-refractivity contribution in [1.29, 1.82) is 0 Å². The van der Waals surface area contributed by atoms with Crippen LogP contribution < -0.4 is 10.2 Å². The van der Waals surface area contributed by atoms with Crippen LogP contribution in [-0.4, -0.2) is 41.8 Å². The number of carbonyl (C=O) groups excluding carboxylic acids is 1. The molecule has 0 fully saturated rings. The number of carbonyl (C=O) groups is 1. The molecular formula is C21H27N3O3. The van der Waals surface area contributed by atoms with Gasteiger partial charge in [-0.05, 0) is 62.0 Å². The summed E-state index contributed by atoms with van der Waals surface area (Å²) in [4.78, 5) is 14.5. The Morgan fingerprint density at radius 1 is 1.15 bits per heavy atom. The van der Waals surface area contributed by atoms with Gasteiger partial charge < -0.3 is 9.84 Å². The standard InChI is InChI=1S/C21H27N3O3/c1-5-24(6-2)14-18-12-16(10-11-20(18)27-4)15(3)22-23-21(26)17-8-7-9-19(25)13-17/h7-13,25H,5-6,14H2,1-4H3,(H,23,26)/b22-15-. The zero-order valence-electron chi connectivity index (χ0n) is 16.3. The van der Waals surface area contributed by atoms with Crippen molar-refractivity contribution >= 4 is 11.6 Å². The molecule has 1 amide bonds. The van der Waals surface area contributed by atoms with Gasteiger partial charge in [0.25, 0.3) is 5.91 Å². The summed E-state index contributed by atoms with van der Waals surface area (Å²) in [5.41, 5.74) is 5.56. The van der Waals surface area contributed by atoms with E-state index in [0.717, 1.165) is 36.5 Å². The minimum absolute atomic E-state index is 0.0413. The second-order valence-corrected chi connectivity index (χ2v) is 6.18. The Hall–Kier alpha value is -2.86. The highest BCUT2D eigenvalue weighted by molar-refractivity contribution is 6.01. The Labute approximate surface area is 160 Å². The first-order valence-corrected chi connectivity index (χ1v) is 9.01. The molecule has 0 atom stereocenters. The van der Waals surface area contributed by atoms with Crippen molar-refractivity contribution < 1.29 is 14.6 Å². The minimum atomic E-state index is -0.373. The molecule has 0 aliphatic carbocycles. The molecule has 6 heteroatoms. The highest BCUT2D eigenvalue weighted by atomic mass is 16.5. The SMILES string of the molecule is CCN(CC)Cc1cc(/C(C)=N\NC(=O)c2cccc(O)c2)ccc1OC. The third kappa shape index (κ3) is 5.56. The second-order valence-electron chi connectivity index (χ2n) is 6.18. The lowest BCUT2D eigenvalue weighted by molar-refractivity contribution is 0.0954. The van der Waals surface area contributed by atoms with Gasteiger partial charge in [0.15, 0.2) is 0 Å². The first-order chi connectivity index (χ1) is 13.0. The Morgan fingerprint density at radius 3 is 2.52 bits per heavy atom. The van der Waals surface area contributed by atoms with E-state index < -0.39 is 0 Å². The van der Waals surface area contributed by atoms with Crippen LogP contribution in [0.2, 0.25) is 0 Å². The largest absolute Gasteiger partial charge is 0.508 e. The van der Waals surface area contributed by atoms with Crippen LogP contribution in [0.15, 0.2) is 47.6 Å². The van der Waals surface area contributed by atoms with E-state index in [1.807, 2.05) is 25.1 Å². The molecule has 0 spiro atoms. The molecule has 0 bridgehead atoms. The molecule has 144 valence electrons. The maximum atomic E-state index is 12.2. The van der Waals surface area contributed by atoms with Gasteiger partial charge in [0.2, 0.25) is 0 Å². The molecule has 0 heterocycles. The summed E-state index contributed by atoms with van der Waals surface area (Å²) >= 11 is 0. The minimum Gasteiger partial charge on any atom is -0.508 e. The van der Waals surface area contributed by atoms with Crippen LogP contribution in [0.25, 0.3) is 0 Å². The monoisotopic (exact) mass is 369 g/mol. The number of hydrogen-bond acceptors (Lipinski definition) is 5. The number of ether oxygens (including phenoxy) is 1. The number of amides is 1.